The summed E-state index contributed by atoms with van der Waals surface area (Å²) in [4.78, 5) is 25.6. The van der Waals surface area contributed by atoms with Crippen molar-refractivity contribution in [3.63, 3.8) is 0 Å². The third-order valence-electron chi connectivity index (χ3n) is 4.48. The number of anilines is 1. The highest BCUT2D eigenvalue weighted by Crippen LogP contribution is 2.32. The summed E-state index contributed by atoms with van der Waals surface area (Å²) in [6, 6.07) is 5.50. The predicted octanol–water partition coefficient (Wildman–Crippen LogP) is 3.36. The number of benzene rings is 1. The summed E-state index contributed by atoms with van der Waals surface area (Å²) in [7, 11) is 1.49. The van der Waals surface area contributed by atoms with E-state index in [-0.39, 0.29) is 17.9 Å². The molecule has 4 nitrogen and oxygen atoms in total. The summed E-state index contributed by atoms with van der Waals surface area (Å²) in [6.07, 6.45) is 4.17. The minimum absolute atomic E-state index is 0.0244. The molecule has 0 fully saturated rings. The van der Waals surface area contributed by atoms with Crippen LogP contribution >= 0.6 is 11.3 Å². The molecule has 1 amide bonds. The van der Waals surface area contributed by atoms with Gasteiger partial charge in [0.05, 0.1) is 0 Å². The van der Waals surface area contributed by atoms with Gasteiger partial charge in [0.25, 0.3) is 0 Å². The standard InChI is InChI=1S/C18H21NO3S/c1-3-11-4-6-13-15(8-11)23-16-9-12(19-17(20)10-22-2)5-7-14(16)18(13)21/h5,7,9,11H,3-4,6,8,10H2,1-2H3,(H,19,20). The average molecular weight is 331 g/mol. The highest BCUT2D eigenvalue weighted by Gasteiger charge is 2.21. The Bertz CT molecular complexity index is 797. The maximum atomic E-state index is 12.7. The van der Waals surface area contributed by atoms with E-state index in [1.165, 1.54) is 12.0 Å². The van der Waals surface area contributed by atoms with Gasteiger partial charge in [0.15, 0.2) is 5.43 Å². The first-order valence-corrected chi connectivity index (χ1v) is 8.81. The summed E-state index contributed by atoms with van der Waals surface area (Å²) in [5.74, 6) is 0.489. The molecule has 3 rings (SSSR count). The Morgan fingerprint density at radius 3 is 3.00 bits per heavy atom. The fourth-order valence-corrected chi connectivity index (χ4v) is 4.52. The summed E-state index contributed by atoms with van der Waals surface area (Å²) < 4.78 is 5.77. The first-order valence-electron chi connectivity index (χ1n) is 7.99. The number of carbonyl (C=O) groups excluding carboxylic acids is 1. The first-order chi connectivity index (χ1) is 11.1. The minimum Gasteiger partial charge on any atom is -0.375 e. The molecule has 1 atom stereocenters. The molecule has 0 aliphatic heterocycles. The van der Waals surface area contributed by atoms with Crippen LogP contribution in [-0.4, -0.2) is 19.6 Å². The van der Waals surface area contributed by atoms with Crippen LogP contribution in [0.4, 0.5) is 5.69 Å². The molecule has 5 heteroatoms. The predicted molar refractivity (Wildman–Crippen MR) is 94.4 cm³/mol. The number of hydrogen-bond acceptors (Lipinski definition) is 4. The van der Waals surface area contributed by atoms with Gasteiger partial charge in [-0.15, -0.1) is 11.3 Å². The second-order valence-electron chi connectivity index (χ2n) is 6.04. The molecule has 23 heavy (non-hydrogen) atoms. The molecular weight excluding hydrogens is 310 g/mol. The SMILES string of the molecule is CCC1CCc2c(sc3cc(NC(=O)COC)ccc3c2=O)C1. The van der Waals surface area contributed by atoms with E-state index in [1.807, 2.05) is 12.1 Å². The molecule has 1 heterocycles. The summed E-state index contributed by atoms with van der Waals surface area (Å²) in [5, 5.41) is 3.55. The third-order valence-corrected chi connectivity index (χ3v) is 5.70. The third kappa shape index (κ3) is 3.31. The van der Waals surface area contributed by atoms with Crippen LogP contribution in [0.1, 0.15) is 30.2 Å². The van der Waals surface area contributed by atoms with Crippen molar-refractivity contribution < 1.29 is 9.53 Å². The van der Waals surface area contributed by atoms with E-state index in [9.17, 15) is 9.59 Å². The molecule has 0 saturated carbocycles. The van der Waals surface area contributed by atoms with Gasteiger partial charge in [0.1, 0.15) is 6.61 Å². The fourth-order valence-electron chi connectivity index (χ4n) is 3.16. The topological polar surface area (TPSA) is 55.4 Å². The number of fused-ring (bicyclic) bond motifs is 2. The van der Waals surface area contributed by atoms with E-state index in [0.717, 1.165) is 41.3 Å². The highest BCUT2D eigenvalue weighted by atomic mass is 32.1. The largest absolute Gasteiger partial charge is 0.375 e. The van der Waals surface area contributed by atoms with Crippen molar-refractivity contribution in [2.45, 2.75) is 32.6 Å². The number of hydrogen-bond donors (Lipinski definition) is 1. The van der Waals surface area contributed by atoms with Crippen molar-refractivity contribution in [2.75, 3.05) is 19.0 Å². The Labute approximate surface area is 139 Å². The highest BCUT2D eigenvalue weighted by molar-refractivity contribution is 7.18. The van der Waals surface area contributed by atoms with Gasteiger partial charge in [-0.1, -0.05) is 13.3 Å². The van der Waals surface area contributed by atoms with Gasteiger partial charge in [-0.2, -0.15) is 0 Å². The molecule has 1 aliphatic rings. The number of amides is 1. The van der Waals surface area contributed by atoms with E-state index < -0.39 is 0 Å². The Hall–Kier alpha value is -1.72. The molecule has 1 aromatic carbocycles. The summed E-state index contributed by atoms with van der Waals surface area (Å²) in [6.45, 7) is 2.24. The van der Waals surface area contributed by atoms with Gasteiger partial charge >= 0.3 is 0 Å². The van der Waals surface area contributed by atoms with Crippen LogP contribution in [0.5, 0.6) is 0 Å². The smallest absolute Gasteiger partial charge is 0.250 e. The van der Waals surface area contributed by atoms with E-state index in [0.29, 0.717) is 11.6 Å². The van der Waals surface area contributed by atoms with Gasteiger partial charge in [-0.3, -0.25) is 9.59 Å². The lowest BCUT2D eigenvalue weighted by Crippen LogP contribution is -2.20. The van der Waals surface area contributed by atoms with E-state index in [2.05, 4.69) is 12.2 Å². The van der Waals surface area contributed by atoms with Gasteiger partial charge in [-0.05, 0) is 43.4 Å². The van der Waals surface area contributed by atoms with Crippen LogP contribution in [0.3, 0.4) is 0 Å². The van der Waals surface area contributed by atoms with Crippen molar-refractivity contribution in [1.82, 2.24) is 0 Å². The van der Waals surface area contributed by atoms with Crippen LogP contribution in [-0.2, 0) is 22.4 Å². The molecule has 0 saturated heterocycles. The zero-order chi connectivity index (χ0) is 16.4. The lowest BCUT2D eigenvalue weighted by molar-refractivity contribution is -0.119. The fraction of sp³-hybridized carbons (Fsp3) is 0.444. The van der Waals surface area contributed by atoms with Gasteiger partial charge in [0.2, 0.25) is 5.91 Å². The number of rotatable bonds is 4. The number of ether oxygens (including phenoxy) is 1. The van der Waals surface area contributed by atoms with E-state index in [4.69, 9.17) is 4.74 Å². The van der Waals surface area contributed by atoms with Crippen LogP contribution in [0, 0.1) is 5.92 Å². The normalized spacial score (nSPS) is 17.0. The summed E-state index contributed by atoms with van der Waals surface area (Å²) in [5.41, 5.74) is 1.87. The van der Waals surface area contributed by atoms with Crippen molar-refractivity contribution in [1.29, 1.82) is 0 Å². The first kappa shape index (κ1) is 16.1. The number of methoxy groups -OCH3 is 1. The molecule has 122 valence electrons. The number of nitrogens with one attached hydrogen (secondary N) is 1. The van der Waals surface area contributed by atoms with Gasteiger partial charge < -0.3 is 10.1 Å². The van der Waals surface area contributed by atoms with Gasteiger partial charge in [-0.25, -0.2) is 0 Å². The quantitative estimate of drug-likeness (QED) is 0.934. The van der Waals surface area contributed by atoms with Crippen molar-refractivity contribution in [3.8, 4) is 0 Å². The second-order valence-corrected chi connectivity index (χ2v) is 7.18. The monoisotopic (exact) mass is 331 g/mol. The number of carbonyl (C=O) groups is 1. The minimum atomic E-state index is -0.191. The molecule has 1 unspecified atom stereocenters. The maximum Gasteiger partial charge on any atom is 0.250 e. The molecule has 0 spiro atoms. The van der Waals surface area contributed by atoms with E-state index >= 15 is 0 Å². The summed E-state index contributed by atoms with van der Waals surface area (Å²) >= 11 is 1.69. The van der Waals surface area contributed by atoms with Crippen LogP contribution in [0.15, 0.2) is 23.0 Å². The maximum absolute atomic E-state index is 12.7. The zero-order valence-corrected chi connectivity index (χ0v) is 14.3. The zero-order valence-electron chi connectivity index (χ0n) is 13.5. The molecule has 0 radical (unpaired) electrons. The van der Waals surface area contributed by atoms with Crippen LogP contribution in [0.2, 0.25) is 0 Å². The lowest BCUT2D eigenvalue weighted by Gasteiger charge is -2.22. The Morgan fingerprint density at radius 2 is 2.26 bits per heavy atom. The van der Waals surface area contributed by atoms with Crippen molar-refractivity contribution >= 4 is 33.0 Å². The Morgan fingerprint density at radius 1 is 1.43 bits per heavy atom. The molecule has 1 aliphatic carbocycles. The molecule has 1 aromatic heterocycles. The Balaban J connectivity index is 1.99. The molecular formula is C18H21NO3S. The van der Waals surface area contributed by atoms with Crippen molar-refractivity contribution in [2.24, 2.45) is 5.92 Å². The van der Waals surface area contributed by atoms with E-state index in [1.54, 1.807) is 17.4 Å². The van der Waals surface area contributed by atoms with Crippen LogP contribution < -0.4 is 10.7 Å². The second kappa shape index (κ2) is 6.81. The Kier molecular flexibility index (Phi) is 4.78. The molecule has 2 aromatic rings. The molecule has 1 N–H and O–H groups in total. The van der Waals surface area contributed by atoms with Gasteiger partial charge in [0, 0.05) is 33.3 Å². The average Bonchev–Trinajstić information content (AvgIpc) is 2.54. The van der Waals surface area contributed by atoms with Crippen LogP contribution in [0.25, 0.3) is 10.1 Å². The molecule has 0 bridgehead atoms. The van der Waals surface area contributed by atoms with Crippen molar-refractivity contribution in [3.05, 3.63) is 38.9 Å². The lowest BCUT2D eigenvalue weighted by atomic mass is 9.87.